The number of nitrogens with one attached hydrogen (secondary N) is 1. The van der Waals surface area contributed by atoms with Gasteiger partial charge in [0.25, 0.3) is 9.40 Å². The van der Waals surface area contributed by atoms with Gasteiger partial charge in [0.05, 0.1) is 18.5 Å². The molecule has 2 saturated heterocycles. The summed E-state index contributed by atoms with van der Waals surface area (Å²) >= 11 is 1.85. The van der Waals surface area contributed by atoms with Crippen molar-refractivity contribution in [3.8, 4) is 0 Å². The fourth-order valence-electron chi connectivity index (χ4n) is 5.63. The van der Waals surface area contributed by atoms with Gasteiger partial charge < -0.3 is 14.5 Å². The lowest BCUT2D eigenvalue weighted by molar-refractivity contribution is 0.122. The molecule has 3 aromatic rings. The van der Waals surface area contributed by atoms with E-state index < -0.39 is 10.0 Å². The van der Waals surface area contributed by atoms with Crippen LogP contribution in [-0.2, 0) is 27.6 Å². The van der Waals surface area contributed by atoms with Crippen molar-refractivity contribution in [2.75, 3.05) is 49.2 Å². The first-order chi connectivity index (χ1) is 17.9. The monoisotopic (exact) mass is 541 g/mol. The number of sulfonamides is 1. The Bertz CT molecular complexity index is 1410. The van der Waals surface area contributed by atoms with Crippen LogP contribution in [0.1, 0.15) is 50.7 Å². The Morgan fingerprint density at radius 2 is 1.41 bits per heavy atom. The molecule has 2 aromatic carbocycles. The van der Waals surface area contributed by atoms with Crippen LogP contribution in [0.3, 0.4) is 0 Å². The quantitative estimate of drug-likeness (QED) is 0.344. The summed E-state index contributed by atoms with van der Waals surface area (Å²) in [6.45, 7) is 9.55. The van der Waals surface area contributed by atoms with Crippen LogP contribution in [0.15, 0.2) is 24.3 Å². The van der Waals surface area contributed by atoms with E-state index in [2.05, 4.69) is 52.6 Å². The lowest BCUT2D eigenvalue weighted by Crippen LogP contribution is -2.45. The second-order valence-electron chi connectivity index (χ2n) is 10.5. The number of fused-ring (bicyclic) bond motifs is 2. The first-order valence-electron chi connectivity index (χ1n) is 13.8. The van der Waals surface area contributed by atoms with Crippen LogP contribution in [0.4, 0.5) is 11.4 Å². The zero-order chi connectivity index (χ0) is 25.6. The van der Waals surface area contributed by atoms with Crippen molar-refractivity contribution in [1.29, 1.82) is 0 Å². The van der Waals surface area contributed by atoms with E-state index in [1.165, 1.54) is 31.9 Å². The van der Waals surface area contributed by atoms with E-state index in [-0.39, 0.29) is 11.3 Å². The van der Waals surface area contributed by atoms with E-state index in [1.807, 2.05) is 11.3 Å². The molecule has 3 fully saturated rings. The molecule has 6 rings (SSSR count). The third kappa shape index (κ3) is 5.15. The highest BCUT2D eigenvalue weighted by Gasteiger charge is 2.37. The molecule has 2 aliphatic heterocycles. The molecule has 7 nitrogen and oxygen atoms in total. The Morgan fingerprint density at radius 3 is 1.92 bits per heavy atom. The summed E-state index contributed by atoms with van der Waals surface area (Å²) in [5, 5.41) is -0.154. The number of morpholine rings is 1. The van der Waals surface area contributed by atoms with E-state index in [1.54, 1.807) is 0 Å². The molecule has 0 bridgehead atoms. The number of ether oxygens (including phenoxy) is 1. The fourth-order valence-corrected chi connectivity index (χ4v) is 8.42. The zero-order valence-electron chi connectivity index (χ0n) is 21.8. The topological polar surface area (TPSA) is 74.8 Å². The van der Waals surface area contributed by atoms with Crippen LogP contribution in [-0.4, -0.2) is 64.1 Å². The molecule has 0 atom stereocenters. The van der Waals surface area contributed by atoms with Crippen LogP contribution in [0.5, 0.6) is 0 Å². The van der Waals surface area contributed by atoms with Gasteiger partial charge in [-0.2, -0.15) is 0 Å². The third-order valence-corrected chi connectivity index (χ3v) is 11.1. The summed E-state index contributed by atoms with van der Waals surface area (Å²) < 4.78 is 35.8. The predicted molar refractivity (Wildman–Crippen MR) is 154 cm³/mol. The minimum absolute atomic E-state index is 0.0486. The molecule has 0 amide bonds. The number of anilines is 2. The van der Waals surface area contributed by atoms with Crippen LogP contribution >= 0.6 is 11.3 Å². The lowest BCUT2D eigenvalue weighted by Gasteiger charge is -2.34. The van der Waals surface area contributed by atoms with Gasteiger partial charge in [0.2, 0.25) is 21.4 Å². The summed E-state index contributed by atoms with van der Waals surface area (Å²) in [4.78, 5) is 10.1. The van der Waals surface area contributed by atoms with Crippen molar-refractivity contribution in [1.82, 2.24) is 9.71 Å². The highest BCUT2D eigenvalue weighted by atomic mass is 32.2. The van der Waals surface area contributed by atoms with E-state index in [4.69, 9.17) is 9.72 Å². The van der Waals surface area contributed by atoms with Crippen LogP contribution < -0.4 is 14.5 Å². The van der Waals surface area contributed by atoms with Crippen molar-refractivity contribution in [3.63, 3.8) is 0 Å². The van der Waals surface area contributed by atoms with Crippen LogP contribution in [0.25, 0.3) is 20.4 Å². The Morgan fingerprint density at radius 1 is 0.865 bits per heavy atom. The Balaban J connectivity index is 1.31. The smallest absolute Gasteiger partial charge is 0.259 e. The molecule has 198 valence electrons. The molecular weight excluding hydrogens is 504 g/mol. The maximum Gasteiger partial charge on any atom is 0.259 e. The Kier molecular flexibility index (Phi) is 6.98. The van der Waals surface area contributed by atoms with Gasteiger partial charge in [-0.1, -0.05) is 13.8 Å². The van der Waals surface area contributed by atoms with Crippen molar-refractivity contribution in [3.05, 3.63) is 35.4 Å². The van der Waals surface area contributed by atoms with Gasteiger partial charge in [-0.3, -0.25) is 0 Å². The Labute approximate surface area is 223 Å². The second kappa shape index (κ2) is 10.2. The normalized spacial score (nSPS) is 19.7. The molecule has 1 aliphatic carbocycles. The fraction of sp³-hybridized carbons (Fsp3) is 0.571. The average molecular weight is 542 g/mol. The van der Waals surface area contributed by atoms with E-state index >= 15 is 0 Å². The molecule has 1 aromatic heterocycles. The van der Waals surface area contributed by atoms with Crippen molar-refractivity contribution in [2.24, 2.45) is 0 Å². The molecular formula is C28H37N4O3S2+. The first kappa shape index (κ1) is 25.2. The summed E-state index contributed by atoms with van der Waals surface area (Å²) in [5.41, 5.74) is 7.33. The number of hydrogen-bond donors (Lipinski definition) is 1. The number of hydrogen-bond acceptors (Lipinski definition) is 6. The number of piperidine rings is 1. The summed E-state index contributed by atoms with van der Waals surface area (Å²) in [7, 11) is -3.13. The standard InChI is InChI=1S/C28H37N4O3S2/c1-3-19-15-22(31-9-7-21(8-10-31)30-37(33,34)24-5-6-24)17-25-27(19)29-28-20(4-2)16-23(18-26(28)36-25)32-11-13-35-14-12-32/h15-18,21,24,30H,3-14H2,1-2H3/q+1. The molecule has 0 radical (unpaired) electrons. The van der Waals surface area contributed by atoms with Crippen LogP contribution in [0, 0.1) is 0 Å². The van der Waals surface area contributed by atoms with E-state index in [9.17, 15) is 8.42 Å². The molecule has 3 heterocycles. The maximum atomic E-state index is 12.4. The zero-order valence-corrected chi connectivity index (χ0v) is 23.5. The highest BCUT2D eigenvalue weighted by molar-refractivity contribution is 7.90. The SMILES string of the molecule is CCc1cc(N2CCOCC2)cc2[s+]c3cc(N4CCC(NS(=O)(=O)C5CC5)CC4)cc(CC)c3nc12. The van der Waals surface area contributed by atoms with E-state index in [0.717, 1.165) is 89.0 Å². The minimum Gasteiger partial charge on any atom is -0.378 e. The number of rotatable bonds is 7. The molecule has 37 heavy (non-hydrogen) atoms. The molecule has 1 saturated carbocycles. The number of aromatic nitrogens is 1. The molecule has 0 spiro atoms. The van der Waals surface area contributed by atoms with Gasteiger partial charge in [-0.05, 0) is 61.8 Å². The van der Waals surface area contributed by atoms with Crippen molar-refractivity contribution >= 4 is 53.2 Å². The predicted octanol–water partition coefficient (Wildman–Crippen LogP) is 4.74. The van der Waals surface area contributed by atoms with Crippen molar-refractivity contribution in [2.45, 2.75) is 63.7 Å². The maximum absolute atomic E-state index is 12.4. The first-order valence-corrected chi connectivity index (χ1v) is 16.1. The van der Waals surface area contributed by atoms with Crippen molar-refractivity contribution < 1.29 is 13.2 Å². The molecule has 9 heteroatoms. The minimum atomic E-state index is -3.13. The molecule has 0 unspecified atom stereocenters. The van der Waals surface area contributed by atoms with Gasteiger partial charge >= 0.3 is 0 Å². The van der Waals surface area contributed by atoms with E-state index in [0.29, 0.717) is 0 Å². The number of aryl methyl sites for hydroxylation is 2. The van der Waals surface area contributed by atoms with Gasteiger partial charge in [0, 0.05) is 55.7 Å². The Hall–Kier alpha value is -2.07. The van der Waals surface area contributed by atoms with Gasteiger partial charge in [-0.25, -0.2) is 18.1 Å². The molecule has 1 N–H and O–H groups in total. The largest absolute Gasteiger partial charge is 0.378 e. The number of benzene rings is 2. The molecule has 3 aliphatic rings. The lowest BCUT2D eigenvalue weighted by atomic mass is 10.0. The third-order valence-electron chi connectivity index (χ3n) is 8.01. The second-order valence-corrected chi connectivity index (χ2v) is 13.6. The summed E-state index contributed by atoms with van der Waals surface area (Å²) in [6.07, 6.45) is 5.19. The van der Waals surface area contributed by atoms with Gasteiger partial charge in [-0.15, -0.1) is 0 Å². The van der Waals surface area contributed by atoms with Gasteiger partial charge in [0.1, 0.15) is 11.0 Å². The number of nitrogens with zero attached hydrogens (tertiary/aromatic N) is 3. The van der Waals surface area contributed by atoms with Gasteiger partial charge in [0.15, 0.2) is 0 Å². The average Bonchev–Trinajstić information content (AvgIpc) is 3.78. The summed E-state index contributed by atoms with van der Waals surface area (Å²) in [6, 6.07) is 9.28. The highest BCUT2D eigenvalue weighted by Crippen LogP contribution is 2.36. The van der Waals surface area contributed by atoms with Crippen LogP contribution in [0.2, 0.25) is 0 Å². The summed E-state index contributed by atoms with van der Waals surface area (Å²) in [5.74, 6) is 0.